The Morgan fingerprint density at radius 3 is 2.67 bits per heavy atom. The molecular formula is C14H11BrClNO4. The van der Waals surface area contributed by atoms with Gasteiger partial charge in [-0.25, -0.2) is 0 Å². The van der Waals surface area contributed by atoms with E-state index in [1.165, 1.54) is 6.07 Å². The zero-order valence-corrected chi connectivity index (χ0v) is 13.3. The number of aliphatic hydroxyl groups excluding tert-OH is 1. The summed E-state index contributed by atoms with van der Waals surface area (Å²) in [5.74, 6) is 0.352. The van der Waals surface area contributed by atoms with Crippen molar-refractivity contribution in [3.05, 3.63) is 61.6 Å². The van der Waals surface area contributed by atoms with E-state index < -0.39 is 11.0 Å². The van der Waals surface area contributed by atoms with E-state index in [0.29, 0.717) is 10.0 Å². The third-order valence-electron chi connectivity index (χ3n) is 2.79. The Morgan fingerprint density at radius 1 is 1.38 bits per heavy atom. The van der Waals surface area contributed by atoms with Crippen molar-refractivity contribution in [1.29, 1.82) is 0 Å². The first kappa shape index (κ1) is 15.8. The molecule has 0 amide bonds. The first-order valence-corrected chi connectivity index (χ1v) is 7.15. The molecule has 0 aliphatic carbocycles. The predicted molar refractivity (Wildman–Crippen MR) is 83.0 cm³/mol. The molecule has 1 atom stereocenters. The van der Waals surface area contributed by atoms with Crippen LogP contribution in [0.2, 0.25) is 5.02 Å². The van der Waals surface area contributed by atoms with E-state index in [4.69, 9.17) is 16.3 Å². The SMILES string of the molecule is CC(O)c1ccc(Oc2c(Br)cccc2[N+](=O)[O-])c(Cl)c1. The Bertz CT molecular complexity index is 691. The zero-order valence-electron chi connectivity index (χ0n) is 10.9. The van der Waals surface area contributed by atoms with Gasteiger partial charge in [0.25, 0.3) is 0 Å². The maximum absolute atomic E-state index is 11.0. The van der Waals surface area contributed by atoms with E-state index in [9.17, 15) is 15.2 Å². The second kappa shape index (κ2) is 6.43. The molecule has 110 valence electrons. The molecule has 1 N–H and O–H groups in total. The molecule has 2 rings (SSSR count). The summed E-state index contributed by atoms with van der Waals surface area (Å²) in [5.41, 5.74) is 0.467. The summed E-state index contributed by atoms with van der Waals surface area (Å²) < 4.78 is 6.02. The lowest BCUT2D eigenvalue weighted by atomic mass is 10.1. The summed E-state index contributed by atoms with van der Waals surface area (Å²) in [5, 5.41) is 20.8. The number of rotatable bonds is 4. The number of nitrogens with zero attached hydrogens (tertiary/aromatic N) is 1. The highest BCUT2D eigenvalue weighted by Crippen LogP contribution is 2.40. The monoisotopic (exact) mass is 371 g/mol. The normalized spacial score (nSPS) is 12.0. The van der Waals surface area contributed by atoms with Gasteiger partial charge in [0.2, 0.25) is 5.75 Å². The molecule has 0 saturated carbocycles. The van der Waals surface area contributed by atoms with Gasteiger partial charge in [-0.3, -0.25) is 10.1 Å². The Labute approximate surface area is 134 Å². The van der Waals surface area contributed by atoms with Crippen LogP contribution >= 0.6 is 27.5 Å². The fourth-order valence-electron chi connectivity index (χ4n) is 1.71. The first-order chi connectivity index (χ1) is 9.90. The van der Waals surface area contributed by atoms with Gasteiger partial charge in [-0.2, -0.15) is 0 Å². The van der Waals surface area contributed by atoms with Gasteiger partial charge in [0.05, 0.1) is 20.5 Å². The lowest BCUT2D eigenvalue weighted by Crippen LogP contribution is -1.96. The number of nitro benzene ring substituents is 1. The largest absolute Gasteiger partial charge is 0.447 e. The smallest absolute Gasteiger partial charge is 0.312 e. The number of benzene rings is 2. The van der Waals surface area contributed by atoms with Gasteiger partial charge >= 0.3 is 5.69 Å². The zero-order chi connectivity index (χ0) is 15.6. The molecular weight excluding hydrogens is 362 g/mol. The maximum atomic E-state index is 11.0. The summed E-state index contributed by atoms with van der Waals surface area (Å²) >= 11 is 9.31. The van der Waals surface area contributed by atoms with Gasteiger partial charge in [0.1, 0.15) is 5.75 Å². The van der Waals surface area contributed by atoms with Crippen LogP contribution in [-0.4, -0.2) is 10.0 Å². The quantitative estimate of drug-likeness (QED) is 0.614. The maximum Gasteiger partial charge on any atom is 0.312 e. The van der Waals surface area contributed by atoms with Gasteiger partial charge in [-0.15, -0.1) is 0 Å². The number of hydrogen-bond donors (Lipinski definition) is 1. The highest BCUT2D eigenvalue weighted by Gasteiger charge is 2.20. The van der Waals surface area contributed by atoms with Crippen LogP contribution in [0.25, 0.3) is 0 Å². The highest BCUT2D eigenvalue weighted by molar-refractivity contribution is 9.10. The van der Waals surface area contributed by atoms with E-state index in [1.54, 1.807) is 37.3 Å². The minimum Gasteiger partial charge on any atom is -0.447 e. The van der Waals surface area contributed by atoms with Gasteiger partial charge in [0, 0.05) is 6.07 Å². The summed E-state index contributed by atoms with van der Waals surface area (Å²) in [6, 6.07) is 9.30. The number of nitro groups is 1. The summed E-state index contributed by atoms with van der Waals surface area (Å²) in [6.45, 7) is 1.62. The number of para-hydroxylation sites is 1. The Morgan fingerprint density at radius 2 is 2.10 bits per heavy atom. The van der Waals surface area contributed by atoms with E-state index in [-0.39, 0.29) is 22.2 Å². The van der Waals surface area contributed by atoms with Gasteiger partial charge in [-0.05, 0) is 46.6 Å². The van der Waals surface area contributed by atoms with E-state index >= 15 is 0 Å². The Hall–Kier alpha value is -1.63. The molecule has 0 bridgehead atoms. The molecule has 0 aromatic heterocycles. The minimum absolute atomic E-state index is 0.0780. The Balaban J connectivity index is 2.41. The Kier molecular flexibility index (Phi) is 4.82. The molecule has 7 heteroatoms. The van der Waals surface area contributed by atoms with Crippen LogP contribution in [0.4, 0.5) is 5.69 Å². The average molecular weight is 373 g/mol. The van der Waals surface area contributed by atoms with Crippen molar-refractivity contribution < 1.29 is 14.8 Å². The highest BCUT2D eigenvalue weighted by atomic mass is 79.9. The fraction of sp³-hybridized carbons (Fsp3) is 0.143. The number of halogens is 2. The van der Waals surface area contributed by atoms with Crippen molar-refractivity contribution in [2.45, 2.75) is 13.0 Å². The van der Waals surface area contributed by atoms with Crippen LogP contribution < -0.4 is 4.74 Å². The summed E-state index contributed by atoms with van der Waals surface area (Å²) in [6.07, 6.45) is -0.658. The second-order valence-corrected chi connectivity index (χ2v) is 5.57. The lowest BCUT2D eigenvalue weighted by molar-refractivity contribution is -0.385. The van der Waals surface area contributed by atoms with Crippen LogP contribution in [0.1, 0.15) is 18.6 Å². The lowest BCUT2D eigenvalue weighted by Gasteiger charge is -2.11. The van der Waals surface area contributed by atoms with Crippen molar-refractivity contribution in [3.8, 4) is 11.5 Å². The molecule has 0 heterocycles. The predicted octanol–water partition coefficient (Wildman–Crippen LogP) is 4.86. The molecule has 0 aliphatic heterocycles. The molecule has 1 unspecified atom stereocenters. The van der Waals surface area contributed by atoms with E-state index in [2.05, 4.69) is 15.9 Å². The molecule has 0 spiro atoms. The van der Waals surface area contributed by atoms with Crippen LogP contribution in [0.15, 0.2) is 40.9 Å². The van der Waals surface area contributed by atoms with E-state index in [0.717, 1.165) is 0 Å². The third-order valence-corrected chi connectivity index (χ3v) is 3.71. The second-order valence-electron chi connectivity index (χ2n) is 4.31. The molecule has 2 aromatic rings. The van der Waals surface area contributed by atoms with Crippen molar-refractivity contribution in [1.82, 2.24) is 0 Å². The standard InChI is InChI=1S/C14H11BrClNO4/c1-8(18)9-5-6-13(11(16)7-9)21-14-10(15)3-2-4-12(14)17(19)20/h2-8,18H,1H3. The molecule has 0 fully saturated rings. The van der Waals surface area contributed by atoms with Crippen LogP contribution in [0, 0.1) is 10.1 Å². The first-order valence-electron chi connectivity index (χ1n) is 5.98. The van der Waals surface area contributed by atoms with Gasteiger partial charge < -0.3 is 9.84 Å². The molecule has 0 saturated heterocycles. The average Bonchev–Trinajstić information content (AvgIpc) is 2.42. The van der Waals surface area contributed by atoms with Crippen LogP contribution in [0.3, 0.4) is 0 Å². The minimum atomic E-state index is -0.658. The van der Waals surface area contributed by atoms with Crippen molar-refractivity contribution in [2.24, 2.45) is 0 Å². The molecule has 5 nitrogen and oxygen atoms in total. The van der Waals surface area contributed by atoms with Crippen LogP contribution in [0.5, 0.6) is 11.5 Å². The fourth-order valence-corrected chi connectivity index (χ4v) is 2.38. The third kappa shape index (κ3) is 3.53. The molecule has 21 heavy (non-hydrogen) atoms. The summed E-state index contributed by atoms with van der Waals surface area (Å²) in [4.78, 5) is 10.5. The number of aliphatic hydroxyl groups is 1. The number of hydrogen-bond acceptors (Lipinski definition) is 4. The van der Waals surface area contributed by atoms with Crippen LogP contribution in [-0.2, 0) is 0 Å². The van der Waals surface area contributed by atoms with Crippen molar-refractivity contribution in [2.75, 3.05) is 0 Å². The van der Waals surface area contributed by atoms with Gasteiger partial charge in [0.15, 0.2) is 0 Å². The van der Waals surface area contributed by atoms with Gasteiger partial charge in [-0.1, -0.05) is 23.7 Å². The van der Waals surface area contributed by atoms with E-state index in [1.807, 2.05) is 0 Å². The van der Waals surface area contributed by atoms with Crippen molar-refractivity contribution >= 4 is 33.2 Å². The molecule has 0 radical (unpaired) electrons. The number of ether oxygens (including phenoxy) is 1. The molecule has 0 aliphatic rings. The van der Waals surface area contributed by atoms with Crippen molar-refractivity contribution in [3.63, 3.8) is 0 Å². The summed E-state index contributed by atoms with van der Waals surface area (Å²) in [7, 11) is 0. The molecule has 2 aromatic carbocycles. The topological polar surface area (TPSA) is 72.6 Å².